The molecule has 7 nitrogen and oxygen atoms in total. The van der Waals surface area contributed by atoms with Gasteiger partial charge in [-0.25, -0.2) is 0 Å². The number of hydrogen-bond acceptors (Lipinski definition) is 5. The van der Waals surface area contributed by atoms with Crippen molar-refractivity contribution >= 4 is 10.0 Å². The van der Waals surface area contributed by atoms with E-state index in [1.807, 2.05) is 4.83 Å². The molecule has 130 valence electrons. The van der Waals surface area contributed by atoms with Gasteiger partial charge in [0.2, 0.25) is 0 Å². The van der Waals surface area contributed by atoms with E-state index in [2.05, 4.69) is 15.1 Å². The predicted octanol–water partition coefficient (Wildman–Crippen LogP) is 2.29. The third-order valence-electron chi connectivity index (χ3n) is 3.09. The zero-order valence-corrected chi connectivity index (χ0v) is 13.2. The number of halogens is 3. The lowest BCUT2D eigenvalue weighted by Gasteiger charge is -2.10. The molecule has 0 fully saturated rings. The molecule has 0 atom stereocenters. The second-order valence-corrected chi connectivity index (χ2v) is 6.48. The Hall–Kier alpha value is -2.95. The zero-order valence-electron chi connectivity index (χ0n) is 12.3. The fourth-order valence-electron chi connectivity index (χ4n) is 1.97. The van der Waals surface area contributed by atoms with Gasteiger partial charge in [-0.3, -0.25) is 9.97 Å². The van der Waals surface area contributed by atoms with E-state index in [0.29, 0.717) is 10.9 Å². The first-order valence-corrected chi connectivity index (χ1v) is 8.27. The smallest absolute Gasteiger partial charge is 0.261 e. The van der Waals surface area contributed by atoms with Gasteiger partial charge in [-0.05, 0) is 12.1 Å². The van der Waals surface area contributed by atoms with Gasteiger partial charge < -0.3 is 0 Å². The Morgan fingerprint density at radius 3 is 2.40 bits per heavy atom. The molecule has 2 heterocycles. The monoisotopic (exact) mass is 369 g/mol. The topological polar surface area (TPSA) is 89.8 Å². The van der Waals surface area contributed by atoms with Crippen molar-refractivity contribution in [3.8, 4) is 11.4 Å². The van der Waals surface area contributed by atoms with Gasteiger partial charge in [-0.15, -0.1) is 5.10 Å². The standard InChI is InChI=1S/C14H10F3N5O2S/c15-14(16,17)13-8-12(11-9-18-6-7-19-11)22(20-13)21-25(23,24)10-4-2-1-3-5-10/h1-9,21H. The van der Waals surface area contributed by atoms with Crippen molar-refractivity contribution < 1.29 is 21.6 Å². The first-order chi connectivity index (χ1) is 11.8. The lowest BCUT2D eigenvalue weighted by molar-refractivity contribution is -0.141. The maximum atomic E-state index is 13.0. The molecule has 3 aromatic rings. The van der Waals surface area contributed by atoms with Gasteiger partial charge in [-0.1, -0.05) is 18.2 Å². The summed E-state index contributed by atoms with van der Waals surface area (Å²) in [5.41, 5.74) is -1.43. The summed E-state index contributed by atoms with van der Waals surface area (Å²) in [6.07, 6.45) is -0.945. The molecule has 0 unspecified atom stereocenters. The fraction of sp³-hybridized carbons (Fsp3) is 0.0714. The molecule has 0 aliphatic heterocycles. The van der Waals surface area contributed by atoms with Crippen LogP contribution in [-0.2, 0) is 16.2 Å². The second kappa shape index (κ2) is 6.16. The number of rotatable bonds is 4. The average molecular weight is 369 g/mol. The summed E-state index contributed by atoms with van der Waals surface area (Å²) in [5, 5.41) is 3.30. The summed E-state index contributed by atoms with van der Waals surface area (Å²) >= 11 is 0. The van der Waals surface area contributed by atoms with E-state index in [9.17, 15) is 21.6 Å². The quantitative estimate of drug-likeness (QED) is 0.762. The molecule has 11 heteroatoms. The number of benzene rings is 1. The van der Waals surface area contributed by atoms with Crippen molar-refractivity contribution in [3.63, 3.8) is 0 Å². The summed E-state index contributed by atoms with van der Waals surface area (Å²) in [6, 6.07) is 7.89. The van der Waals surface area contributed by atoms with Crippen LogP contribution in [0, 0.1) is 0 Å². The van der Waals surface area contributed by atoms with Crippen LogP contribution < -0.4 is 4.83 Å². The highest BCUT2D eigenvalue weighted by atomic mass is 32.2. The fourth-order valence-corrected chi connectivity index (χ4v) is 2.96. The number of nitrogens with zero attached hydrogens (tertiary/aromatic N) is 4. The molecule has 0 bridgehead atoms. The predicted molar refractivity (Wildman–Crippen MR) is 81.2 cm³/mol. The van der Waals surface area contributed by atoms with Crippen LogP contribution in [0.1, 0.15) is 5.69 Å². The summed E-state index contributed by atoms with van der Waals surface area (Å²) in [6.45, 7) is 0. The van der Waals surface area contributed by atoms with Crippen LogP contribution in [-0.4, -0.2) is 28.3 Å². The molecular weight excluding hydrogens is 359 g/mol. The molecule has 0 aliphatic rings. The minimum atomic E-state index is -4.75. The maximum absolute atomic E-state index is 13.0. The minimum Gasteiger partial charge on any atom is -0.261 e. The van der Waals surface area contributed by atoms with Crippen molar-refractivity contribution in [3.05, 3.63) is 60.7 Å². The Morgan fingerprint density at radius 1 is 1.08 bits per heavy atom. The van der Waals surface area contributed by atoms with Gasteiger partial charge >= 0.3 is 6.18 Å². The second-order valence-electron chi connectivity index (χ2n) is 4.82. The van der Waals surface area contributed by atoms with Gasteiger partial charge in [0.15, 0.2) is 5.69 Å². The third-order valence-corrected chi connectivity index (χ3v) is 4.39. The molecule has 0 spiro atoms. The molecule has 25 heavy (non-hydrogen) atoms. The normalized spacial score (nSPS) is 12.1. The Morgan fingerprint density at radius 2 is 1.80 bits per heavy atom. The van der Waals surface area contributed by atoms with Crippen molar-refractivity contribution in [2.75, 3.05) is 4.83 Å². The summed E-state index contributed by atoms with van der Waals surface area (Å²) in [7, 11) is -4.14. The highest BCUT2D eigenvalue weighted by molar-refractivity contribution is 7.92. The molecule has 0 amide bonds. The van der Waals surface area contributed by atoms with Gasteiger partial charge in [-0.2, -0.15) is 31.2 Å². The molecule has 3 rings (SSSR count). The van der Waals surface area contributed by atoms with Crippen LogP contribution in [0.25, 0.3) is 11.4 Å². The molecule has 0 saturated carbocycles. The first kappa shape index (κ1) is 16.9. The SMILES string of the molecule is O=S(=O)(Nn1nc(C(F)(F)F)cc1-c1cnccn1)c1ccccc1. The van der Waals surface area contributed by atoms with E-state index < -0.39 is 21.9 Å². The number of sulfonamides is 1. The third kappa shape index (κ3) is 3.60. The maximum Gasteiger partial charge on any atom is 0.435 e. The molecule has 1 aromatic carbocycles. The number of aromatic nitrogens is 4. The number of hydrogen-bond donors (Lipinski definition) is 1. The van der Waals surface area contributed by atoms with Crippen LogP contribution in [0.4, 0.5) is 13.2 Å². The van der Waals surface area contributed by atoms with E-state index in [1.54, 1.807) is 6.07 Å². The Balaban J connectivity index is 2.08. The van der Waals surface area contributed by atoms with E-state index in [-0.39, 0.29) is 16.3 Å². The van der Waals surface area contributed by atoms with Gasteiger partial charge in [0.05, 0.1) is 11.1 Å². The summed E-state index contributed by atoms with van der Waals surface area (Å²) in [5.74, 6) is 0. The molecule has 0 saturated heterocycles. The van der Waals surface area contributed by atoms with Crippen LogP contribution in [0.15, 0.2) is 59.9 Å². The average Bonchev–Trinajstić information content (AvgIpc) is 3.00. The molecule has 0 radical (unpaired) electrons. The van der Waals surface area contributed by atoms with Gasteiger partial charge in [0, 0.05) is 18.5 Å². The summed E-state index contributed by atoms with van der Waals surface area (Å²) < 4.78 is 63.6. The molecular formula is C14H10F3N5O2S. The lowest BCUT2D eigenvalue weighted by Crippen LogP contribution is -2.25. The van der Waals surface area contributed by atoms with Crippen LogP contribution >= 0.6 is 0 Å². The Labute approximate surface area is 140 Å². The van der Waals surface area contributed by atoms with Crippen molar-refractivity contribution in [2.45, 2.75) is 11.1 Å². The lowest BCUT2D eigenvalue weighted by atomic mass is 10.3. The first-order valence-electron chi connectivity index (χ1n) is 6.79. The molecule has 0 aliphatic carbocycles. The Bertz CT molecular complexity index is 973. The minimum absolute atomic E-state index is 0.0289. The van der Waals surface area contributed by atoms with Crippen molar-refractivity contribution in [1.29, 1.82) is 0 Å². The van der Waals surface area contributed by atoms with Gasteiger partial charge in [0.1, 0.15) is 11.4 Å². The largest absolute Gasteiger partial charge is 0.435 e. The molecule has 2 aromatic heterocycles. The van der Waals surface area contributed by atoms with Crippen LogP contribution in [0.5, 0.6) is 0 Å². The zero-order chi connectivity index (χ0) is 18.1. The summed E-state index contributed by atoms with van der Waals surface area (Å²) in [4.78, 5) is 10.1. The van der Waals surface area contributed by atoms with E-state index in [1.165, 1.54) is 42.9 Å². The molecule has 1 N–H and O–H groups in total. The number of alkyl halides is 3. The number of nitrogens with one attached hydrogen (secondary N) is 1. The van der Waals surface area contributed by atoms with E-state index in [0.717, 1.165) is 0 Å². The highest BCUT2D eigenvalue weighted by Crippen LogP contribution is 2.31. The van der Waals surface area contributed by atoms with Crippen molar-refractivity contribution in [2.24, 2.45) is 0 Å². The van der Waals surface area contributed by atoms with E-state index >= 15 is 0 Å². The van der Waals surface area contributed by atoms with Gasteiger partial charge in [0.25, 0.3) is 10.0 Å². The van der Waals surface area contributed by atoms with Crippen molar-refractivity contribution in [1.82, 2.24) is 19.9 Å². The van der Waals surface area contributed by atoms with Crippen LogP contribution in [0.2, 0.25) is 0 Å². The Kier molecular flexibility index (Phi) is 4.17. The van der Waals surface area contributed by atoms with E-state index in [4.69, 9.17) is 0 Å². The van der Waals surface area contributed by atoms with Crippen LogP contribution in [0.3, 0.4) is 0 Å². The highest BCUT2D eigenvalue weighted by Gasteiger charge is 2.36.